The van der Waals surface area contributed by atoms with Crippen molar-refractivity contribution in [1.29, 1.82) is 0 Å². The second-order valence-corrected chi connectivity index (χ2v) is 6.56. The number of rotatable bonds is 6. The quantitative estimate of drug-likeness (QED) is 0.790. The van der Waals surface area contributed by atoms with Gasteiger partial charge >= 0.3 is 5.97 Å². The third-order valence-corrected chi connectivity index (χ3v) is 4.86. The highest BCUT2D eigenvalue weighted by Crippen LogP contribution is 2.33. The summed E-state index contributed by atoms with van der Waals surface area (Å²) in [5.41, 5.74) is 1.18. The van der Waals surface area contributed by atoms with E-state index in [9.17, 15) is 23.9 Å². The minimum Gasteiger partial charge on any atom is -0.481 e. The molecule has 3 rings (SSSR count). The lowest BCUT2D eigenvalue weighted by atomic mass is 9.90. The van der Waals surface area contributed by atoms with E-state index in [1.807, 2.05) is 0 Å². The van der Waals surface area contributed by atoms with Crippen molar-refractivity contribution >= 4 is 17.7 Å². The van der Waals surface area contributed by atoms with Gasteiger partial charge in [-0.2, -0.15) is 0 Å². The lowest BCUT2D eigenvalue weighted by molar-refractivity contribution is -0.141. The van der Waals surface area contributed by atoms with E-state index in [-0.39, 0.29) is 37.0 Å². The molecule has 2 aromatic rings. The van der Waals surface area contributed by atoms with Crippen LogP contribution in [0.3, 0.4) is 0 Å². The number of carboxylic acid groups (broad SMARTS) is 1. The maximum absolute atomic E-state index is 12.9. The molecule has 27 heavy (non-hydrogen) atoms. The Hall–Kier alpha value is -3.09. The van der Waals surface area contributed by atoms with Crippen LogP contribution < -0.4 is 0 Å². The minimum absolute atomic E-state index is 0.00136. The van der Waals surface area contributed by atoms with Crippen LogP contribution >= 0.6 is 0 Å². The van der Waals surface area contributed by atoms with Crippen molar-refractivity contribution in [2.24, 2.45) is 5.92 Å². The predicted molar refractivity (Wildman–Crippen MR) is 94.6 cm³/mol. The molecule has 1 fully saturated rings. The van der Waals surface area contributed by atoms with Gasteiger partial charge in [-0.05, 0) is 42.0 Å². The molecule has 1 N–H and O–H groups in total. The second-order valence-electron chi connectivity index (χ2n) is 6.56. The summed E-state index contributed by atoms with van der Waals surface area (Å²) >= 11 is 0. The van der Waals surface area contributed by atoms with Gasteiger partial charge in [0.2, 0.25) is 5.91 Å². The number of ketones is 1. The van der Waals surface area contributed by atoms with Crippen molar-refractivity contribution in [3.05, 3.63) is 65.7 Å². The van der Waals surface area contributed by atoms with E-state index in [0.717, 1.165) is 5.56 Å². The second kappa shape index (κ2) is 8.07. The number of hydrogen-bond acceptors (Lipinski definition) is 4. The molecule has 140 valence electrons. The number of aliphatic carboxylic acids is 1. The van der Waals surface area contributed by atoms with Gasteiger partial charge in [0.25, 0.3) is 0 Å². The minimum atomic E-state index is -0.950. The van der Waals surface area contributed by atoms with Crippen LogP contribution in [0.1, 0.15) is 34.7 Å². The number of carbonyl (C=O) groups is 3. The fourth-order valence-corrected chi connectivity index (χ4v) is 3.36. The molecule has 1 aliphatic rings. The first-order valence-electron chi connectivity index (χ1n) is 8.65. The van der Waals surface area contributed by atoms with Crippen LogP contribution in [0.4, 0.5) is 4.39 Å². The van der Waals surface area contributed by atoms with E-state index < -0.39 is 17.7 Å². The number of benzene rings is 1. The number of likely N-dealkylation sites (tertiary alicyclic amines) is 1. The number of pyridine rings is 1. The normalized spacial score (nSPS) is 19.1. The van der Waals surface area contributed by atoms with Crippen LogP contribution in [0.25, 0.3) is 0 Å². The van der Waals surface area contributed by atoms with Gasteiger partial charge < -0.3 is 10.0 Å². The first kappa shape index (κ1) is 18.7. The number of hydrogen-bond donors (Lipinski definition) is 1. The van der Waals surface area contributed by atoms with Crippen LogP contribution in [0.15, 0.2) is 48.8 Å². The molecule has 1 aromatic heterocycles. The van der Waals surface area contributed by atoms with Gasteiger partial charge in [-0.3, -0.25) is 19.4 Å². The third-order valence-electron chi connectivity index (χ3n) is 4.86. The van der Waals surface area contributed by atoms with Crippen LogP contribution in [-0.4, -0.2) is 45.7 Å². The lowest BCUT2D eigenvalue weighted by Crippen LogP contribution is -2.30. The summed E-state index contributed by atoms with van der Waals surface area (Å²) in [5.74, 6) is -2.88. The first-order chi connectivity index (χ1) is 13.0. The predicted octanol–water partition coefficient (Wildman–Crippen LogP) is 2.51. The molecule has 7 heteroatoms. The molecule has 2 heterocycles. The number of nitrogens with zero attached hydrogens (tertiary/aromatic N) is 2. The highest BCUT2D eigenvalue weighted by atomic mass is 19.1. The Bertz CT molecular complexity index is 839. The maximum Gasteiger partial charge on any atom is 0.308 e. The zero-order valence-corrected chi connectivity index (χ0v) is 14.5. The van der Waals surface area contributed by atoms with Gasteiger partial charge in [0.15, 0.2) is 5.78 Å². The molecule has 2 atom stereocenters. The monoisotopic (exact) mass is 370 g/mol. The highest BCUT2D eigenvalue weighted by Gasteiger charge is 2.40. The summed E-state index contributed by atoms with van der Waals surface area (Å²) in [6.45, 7) is 0.413. The molecular weight excluding hydrogens is 351 g/mol. The summed E-state index contributed by atoms with van der Waals surface area (Å²) in [7, 11) is 0. The molecule has 0 radical (unpaired) electrons. The zero-order valence-electron chi connectivity index (χ0n) is 14.5. The average molecular weight is 370 g/mol. The van der Waals surface area contributed by atoms with E-state index in [4.69, 9.17) is 0 Å². The largest absolute Gasteiger partial charge is 0.481 e. The Morgan fingerprint density at radius 3 is 2.33 bits per heavy atom. The summed E-state index contributed by atoms with van der Waals surface area (Å²) < 4.78 is 12.9. The van der Waals surface area contributed by atoms with Crippen LogP contribution in [-0.2, 0) is 9.59 Å². The molecule has 0 saturated carbocycles. The van der Waals surface area contributed by atoms with E-state index in [2.05, 4.69) is 4.98 Å². The molecule has 1 aromatic carbocycles. The number of amides is 1. The smallest absolute Gasteiger partial charge is 0.308 e. The Balaban J connectivity index is 1.62. The standard InChI is InChI=1S/C20H19FN2O4/c21-15-3-1-14(2-4-15)18(24)5-6-19(25)23-11-16(17(12-23)20(26)27)13-7-9-22-10-8-13/h1-4,7-10,16-17H,5-6,11-12H2,(H,26,27)/t16-,17+/m0/s1. The van der Waals surface area contributed by atoms with E-state index in [0.29, 0.717) is 12.1 Å². The SMILES string of the molecule is O=C(CCC(=O)N1C[C@@H](C(=O)O)[C@H](c2ccncc2)C1)c1ccc(F)cc1. The van der Waals surface area contributed by atoms with Crippen molar-refractivity contribution in [3.8, 4) is 0 Å². The van der Waals surface area contributed by atoms with Crippen molar-refractivity contribution < 1.29 is 23.9 Å². The topological polar surface area (TPSA) is 87.6 Å². The van der Waals surface area contributed by atoms with Crippen molar-refractivity contribution in [2.75, 3.05) is 13.1 Å². The molecular formula is C20H19FN2O4. The fraction of sp³-hybridized carbons (Fsp3) is 0.300. The van der Waals surface area contributed by atoms with Gasteiger partial charge in [-0.1, -0.05) is 0 Å². The highest BCUT2D eigenvalue weighted by molar-refractivity contribution is 5.98. The van der Waals surface area contributed by atoms with Crippen molar-refractivity contribution in [2.45, 2.75) is 18.8 Å². The maximum atomic E-state index is 12.9. The summed E-state index contributed by atoms with van der Waals surface area (Å²) in [4.78, 5) is 41.7. The molecule has 0 aliphatic carbocycles. The third kappa shape index (κ3) is 4.36. The van der Waals surface area contributed by atoms with E-state index >= 15 is 0 Å². The molecule has 1 aliphatic heterocycles. The molecule has 0 unspecified atom stereocenters. The molecule has 1 amide bonds. The Morgan fingerprint density at radius 1 is 1.04 bits per heavy atom. The number of Topliss-reactive ketones (excluding diaryl/α,β-unsaturated/α-hetero) is 1. The van der Waals surface area contributed by atoms with Gasteiger partial charge in [0, 0.05) is 49.8 Å². The summed E-state index contributed by atoms with van der Waals surface area (Å²) in [6.07, 6.45) is 3.18. The zero-order chi connectivity index (χ0) is 19.4. The van der Waals surface area contributed by atoms with Crippen molar-refractivity contribution in [3.63, 3.8) is 0 Å². The van der Waals surface area contributed by atoms with E-state index in [1.54, 1.807) is 24.5 Å². The van der Waals surface area contributed by atoms with E-state index in [1.165, 1.54) is 29.2 Å². The molecule has 0 spiro atoms. The molecule has 6 nitrogen and oxygen atoms in total. The average Bonchev–Trinajstić information content (AvgIpc) is 3.13. The van der Waals surface area contributed by atoms with Gasteiger partial charge in [-0.25, -0.2) is 4.39 Å². The Kier molecular flexibility index (Phi) is 5.59. The van der Waals surface area contributed by atoms with Gasteiger partial charge in [-0.15, -0.1) is 0 Å². The fourth-order valence-electron chi connectivity index (χ4n) is 3.36. The van der Waals surface area contributed by atoms with Crippen molar-refractivity contribution in [1.82, 2.24) is 9.88 Å². The summed E-state index contributed by atoms with van der Waals surface area (Å²) in [5, 5.41) is 9.50. The lowest BCUT2D eigenvalue weighted by Gasteiger charge is -2.16. The van der Waals surface area contributed by atoms with Gasteiger partial charge in [0.1, 0.15) is 5.82 Å². The number of carbonyl (C=O) groups excluding carboxylic acids is 2. The van der Waals surface area contributed by atoms with Crippen LogP contribution in [0.5, 0.6) is 0 Å². The number of aromatic nitrogens is 1. The Labute approximate surface area is 155 Å². The summed E-state index contributed by atoms with van der Waals surface area (Å²) in [6, 6.07) is 8.69. The Morgan fingerprint density at radius 2 is 1.70 bits per heavy atom. The van der Waals surface area contributed by atoms with Crippen LogP contribution in [0.2, 0.25) is 0 Å². The molecule has 0 bridgehead atoms. The van der Waals surface area contributed by atoms with Crippen LogP contribution in [0, 0.1) is 11.7 Å². The molecule has 1 saturated heterocycles. The first-order valence-corrected chi connectivity index (χ1v) is 8.65. The van der Waals surface area contributed by atoms with Gasteiger partial charge in [0.05, 0.1) is 5.92 Å². The number of carboxylic acids is 1. The number of halogens is 1.